The van der Waals surface area contributed by atoms with Crippen LogP contribution in [0.15, 0.2) is 59.1 Å². The zero-order valence-corrected chi connectivity index (χ0v) is 19.2. The van der Waals surface area contributed by atoms with Crippen LogP contribution >= 0.6 is 39.7 Å². The van der Waals surface area contributed by atoms with Crippen LogP contribution in [0.1, 0.15) is 16.7 Å². The number of carbonyl (C=O) groups excluding carboxylic acids is 2. The van der Waals surface area contributed by atoms with E-state index in [4.69, 9.17) is 28.6 Å². The maximum absolute atomic E-state index is 12.7. The molecular formula is C22H18BrClN2O3S. The molecule has 1 fully saturated rings. The molecule has 30 heavy (non-hydrogen) atoms. The molecule has 2 aromatic rings. The summed E-state index contributed by atoms with van der Waals surface area (Å²) < 4.78 is 6.47. The van der Waals surface area contributed by atoms with Crippen molar-refractivity contribution >= 4 is 62.8 Å². The van der Waals surface area contributed by atoms with Crippen LogP contribution in [0.5, 0.6) is 5.75 Å². The fourth-order valence-corrected chi connectivity index (χ4v) is 4.04. The number of nitrogens with zero attached hydrogens (tertiary/aromatic N) is 1. The minimum Gasteiger partial charge on any atom is -0.486 e. The molecule has 0 radical (unpaired) electrons. The van der Waals surface area contributed by atoms with Crippen molar-refractivity contribution in [1.29, 1.82) is 0 Å². The fraction of sp³-hybridized carbons (Fsp3) is 0.136. The first-order valence-electron chi connectivity index (χ1n) is 8.97. The van der Waals surface area contributed by atoms with E-state index in [9.17, 15) is 9.59 Å². The molecule has 5 nitrogen and oxygen atoms in total. The first kappa shape index (κ1) is 22.2. The molecule has 0 bridgehead atoms. The summed E-state index contributed by atoms with van der Waals surface area (Å²) in [6.45, 7) is 6.18. The quantitative estimate of drug-likeness (QED) is 0.265. The van der Waals surface area contributed by atoms with E-state index < -0.39 is 11.8 Å². The highest BCUT2D eigenvalue weighted by Crippen LogP contribution is 2.36. The minimum atomic E-state index is -0.558. The molecule has 1 aliphatic rings. The number of nitrogens with one attached hydrogen (secondary N) is 1. The lowest BCUT2D eigenvalue weighted by atomic mass is 10.1. The van der Waals surface area contributed by atoms with Gasteiger partial charge in [-0.25, -0.2) is 0 Å². The Bertz CT molecular complexity index is 1040. The van der Waals surface area contributed by atoms with Gasteiger partial charge in [-0.15, -0.1) is 6.58 Å². The number of ether oxygens (including phenoxy) is 1. The Kier molecular flexibility index (Phi) is 7.07. The molecule has 1 heterocycles. The zero-order chi connectivity index (χ0) is 21.8. The largest absolute Gasteiger partial charge is 0.486 e. The van der Waals surface area contributed by atoms with Gasteiger partial charge in [0.1, 0.15) is 12.2 Å². The topological polar surface area (TPSA) is 58.6 Å². The predicted molar refractivity (Wildman–Crippen MR) is 125 cm³/mol. The Morgan fingerprint density at radius 1 is 1.27 bits per heavy atom. The summed E-state index contributed by atoms with van der Waals surface area (Å²) in [7, 11) is 0. The Balaban J connectivity index is 1.84. The SMILES string of the molecule is C=CCN1C(=O)/C(=C/c2cc(Cl)c(OCc3ccc(C)cc3)c(Br)c2)C(=O)NC1=S. The second-order valence-corrected chi connectivity index (χ2v) is 8.26. The van der Waals surface area contributed by atoms with E-state index in [1.807, 2.05) is 31.2 Å². The Hall–Kier alpha value is -2.48. The Morgan fingerprint density at radius 2 is 1.97 bits per heavy atom. The average Bonchev–Trinajstić information content (AvgIpc) is 2.69. The van der Waals surface area contributed by atoms with Crippen molar-refractivity contribution < 1.29 is 14.3 Å². The molecule has 0 atom stereocenters. The van der Waals surface area contributed by atoms with Gasteiger partial charge in [-0.05, 0) is 64.4 Å². The van der Waals surface area contributed by atoms with Gasteiger partial charge in [-0.3, -0.25) is 19.8 Å². The lowest BCUT2D eigenvalue weighted by Gasteiger charge is -2.27. The minimum absolute atomic E-state index is 0.0401. The van der Waals surface area contributed by atoms with E-state index >= 15 is 0 Å². The molecule has 0 aliphatic carbocycles. The number of aryl methyl sites for hydroxylation is 1. The summed E-state index contributed by atoms with van der Waals surface area (Å²) in [6.07, 6.45) is 3.00. The summed E-state index contributed by atoms with van der Waals surface area (Å²) in [5.41, 5.74) is 2.71. The standard InChI is InChI=1S/C22H18BrClN2O3S/c1-3-8-26-21(28)16(20(27)25-22(26)30)9-15-10-17(23)19(18(24)11-15)29-12-14-6-4-13(2)5-7-14/h3-7,9-11H,1,8,12H2,2H3,(H,25,27,30)/b16-9+. The maximum atomic E-state index is 12.7. The van der Waals surface area contributed by atoms with Gasteiger partial charge in [-0.2, -0.15) is 0 Å². The third kappa shape index (κ3) is 4.98. The van der Waals surface area contributed by atoms with Crippen LogP contribution in [0.3, 0.4) is 0 Å². The molecule has 1 saturated heterocycles. The normalized spacial score (nSPS) is 15.4. The van der Waals surface area contributed by atoms with Crippen molar-refractivity contribution in [3.05, 3.63) is 80.8 Å². The number of thiocarbonyl (C=S) groups is 1. The lowest BCUT2D eigenvalue weighted by Crippen LogP contribution is -2.53. The molecule has 8 heteroatoms. The summed E-state index contributed by atoms with van der Waals surface area (Å²) in [5, 5.41) is 2.92. The second kappa shape index (κ2) is 9.55. The predicted octanol–water partition coefficient (Wildman–Crippen LogP) is 4.80. The molecule has 0 unspecified atom stereocenters. The molecular weight excluding hydrogens is 488 g/mol. The summed E-state index contributed by atoms with van der Waals surface area (Å²) in [4.78, 5) is 26.2. The van der Waals surface area contributed by atoms with Gasteiger partial charge in [0.05, 0.1) is 9.50 Å². The van der Waals surface area contributed by atoms with Crippen molar-refractivity contribution in [3.63, 3.8) is 0 Å². The summed E-state index contributed by atoms with van der Waals surface area (Å²) in [6, 6.07) is 11.4. The van der Waals surface area contributed by atoms with Crippen LogP contribution < -0.4 is 10.1 Å². The van der Waals surface area contributed by atoms with Gasteiger partial charge in [0.25, 0.3) is 11.8 Å². The third-order valence-electron chi connectivity index (χ3n) is 4.33. The number of benzene rings is 2. The van der Waals surface area contributed by atoms with Crippen molar-refractivity contribution in [2.75, 3.05) is 6.54 Å². The van der Waals surface area contributed by atoms with Gasteiger partial charge in [0.15, 0.2) is 10.9 Å². The molecule has 154 valence electrons. The van der Waals surface area contributed by atoms with Gasteiger partial charge in [0.2, 0.25) is 0 Å². The number of carbonyl (C=O) groups is 2. The van der Waals surface area contributed by atoms with Crippen molar-refractivity contribution in [2.45, 2.75) is 13.5 Å². The molecule has 2 aromatic carbocycles. The van der Waals surface area contributed by atoms with Gasteiger partial charge in [-0.1, -0.05) is 47.5 Å². The van der Waals surface area contributed by atoms with E-state index in [0.717, 1.165) is 5.56 Å². The van der Waals surface area contributed by atoms with E-state index in [1.165, 1.54) is 22.6 Å². The second-order valence-electron chi connectivity index (χ2n) is 6.61. The third-order valence-corrected chi connectivity index (χ3v) is 5.53. The fourth-order valence-electron chi connectivity index (χ4n) is 2.80. The number of rotatable bonds is 6. The van der Waals surface area contributed by atoms with Gasteiger partial charge in [0, 0.05) is 6.54 Å². The van der Waals surface area contributed by atoms with Crippen LogP contribution in [-0.4, -0.2) is 28.4 Å². The highest BCUT2D eigenvalue weighted by Gasteiger charge is 2.32. The average molecular weight is 506 g/mol. The molecule has 0 spiro atoms. The van der Waals surface area contributed by atoms with Gasteiger partial charge < -0.3 is 4.74 Å². The number of amides is 2. The van der Waals surface area contributed by atoms with Crippen molar-refractivity contribution in [1.82, 2.24) is 10.2 Å². The van der Waals surface area contributed by atoms with Crippen LogP contribution in [0.4, 0.5) is 0 Å². The smallest absolute Gasteiger partial charge is 0.265 e. The molecule has 1 N–H and O–H groups in total. The van der Waals surface area contributed by atoms with E-state index in [1.54, 1.807) is 12.1 Å². The van der Waals surface area contributed by atoms with Crippen LogP contribution in [-0.2, 0) is 16.2 Å². The zero-order valence-electron chi connectivity index (χ0n) is 16.1. The molecule has 0 aromatic heterocycles. The maximum Gasteiger partial charge on any atom is 0.265 e. The molecule has 1 aliphatic heterocycles. The molecule has 2 amide bonds. The van der Waals surface area contributed by atoms with Crippen molar-refractivity contribution in [2.24, 2.45) is 0 Å². The van der Waals surface area contributed by atoms with Crippen LogP contribution in [0.25, 0.3) is 6.08 Å². The highest BCUT2D eigenvalue weighted by molar-refractivity contribution is 9.10. The first-order chi connectivity index (χ1) is 14.3. The molecule has 3 rings (SSSR count). The number of hydrogen-bond donors (Lipinski definition) is 1. The lowest BCUT2D eigenvalue weighted by molar-refractivity contribution is -0.128. The van der Waals surface area contributed by atoms with E-state index in [0.29, 0.717) is 27.4 Å². The summed E-state index contributed by atoms with van der Waals surface area (Å²) >= 11 is 14.9. The first-order valence-corrected chi connectivity index (χ1v) is 10.5. The van der Waals surface area contributed by atoms with Crippen LogP contribution in [0, 0.1) is 6.92 Å². The van der Waals surface area contributed by atoms with E-state index in [2.05, 4.69) is 27.8 Å². The Morgan fingerprint density at radius 3 is 2.60 bits per heavy atom. The van der Waals surface area contributed by atoms with Crippen LogP contribution in [0.2, 0.25) is 5.02 Å². The van der Waals surface area contributed by atoms with Gasteiger partial charge >= 0.3 is 0 Å². The monoisotopic (exact) mass is 504 g/mol. The Labute approximate surface area is 193 Å². The molecule has 0 saturated carbocycles. The number of hydrogen-bond acceptors (Lipinski definition) is 4. The highest BCUT2D eigenvalue weighted by atomic mass is 79.9. The number of halogens is 2. The van der Waals surface area contributed by atoms with E-state index in [-0.39, 0.29) is 17.2 Å². The summed E-state index contributed by atoms with van der Waals surface area (Å²) in [5.74, 6) is -0.568. The van der Waals surface area contributed by atoms with Crippen molar-refractivity contribution in [3.8, 4) is 5.75 Å².